The number of carbonyl (C=O) groups excluding carboxylic acids is 2. The molecule has 3 rings (SSSR count). The second kappa shape index (κ2) is 8.82. The minimum Gasteiger partial charge on any atom is -0.376 e. The maximum absolute atomic E-state index is 12.6. The molecule has 5 heteroatoms. The number of hydrogen-bond donors (Lipinski definition) is 2. The van der Waals surface area contributed by atoms with Gasteiger partial charge in [-0.25, -0.2) is 0 Å². The summed E-state index contributed by atoms with van der Waals surface area (Å²) < 4.78 is 5.51. The molecule has 2 N–H and O–H groups in total. The van der Waals surface area contributed by atoms with Crippen LogP contribution in [0.3, 0.4) is 0 Å². The van der Waals surface area contributed by atoms with Crippen molar-refractivity contribution in [3.8, 4) is 0 Å². The topological polar surface area (TPSA) is 67.4 Å². The van der Waals surface area contributed by atoms with Gasteiger partial charge in [0.15, 0.2) is 0 Å². The predicted molar refractivity (Wildman–Crippen MR) is 106 cm³/mol. The molecule has 0 aromatic heterocycles. The fourth-order valence-electron chi connectivity index (χ4n) is 3.27. The Morgan fingerprint density at radius 3 is 2.41 bits per heavy atom. The van der Waals surface area contributed by atoms with Gasteiger partial charge < -0.3 is 15.4 Å². The third kappa shape index (κ3) is 4.74. The van der Waals surface area contributed by atoms with Crippen LogP contribution in [0, 0.1) is 6.92 Å². The molecule has 1 fully saturated rings. The predicted octanol–water partition coefficient (Wildman–Crippen LogP) is 3.72. The lowest BCUT2D eigenvalue weighted by Crippen LogP contribution is -2.31. The fourth-order valence-corrected chi connectivity index (χ4v) is 3.27. The Kier molecular flexibility index (Phi) is 6.24. The quantitative estimate of drug-likeness (QED) is 0.819. The van der Waals surface area contributed by atoms with Gasteiger partial charge >= 0.3 is 0 Å². The molecule has 2 aromatic rings. The van der Waals surface area contributed by atoms with Gasteiger partial charge in [0.25, 0.3) is 11.8 Å². The van der Waals surface area contributed by atoms with Crippen LogP contribution in [0.25, 0.3) is 0 Å². The van der Waals surface area contributed by atoms with Gasteiger partial charge in [-0.05, 0) is 61.6 Å². The van der Waals surface area contributed by atoms with Crippen molar-refractivity contribution in [1.82, 2.24) is 5.32 Å². The highest BCUT2D eigenvalue weighted by molar-refractivity contribution is 6.05. The number of anilines is 1. The van der Waals surface area contributed by atoms with E-state index in [1.165, 1.54) is 0 Å². The van der Waals surface area contributed by atoms with Crippen LogP contribution in [0.1, 0.15) is 51.6 Å². The summed E-state index contributed by atoms with van der Waals surface area (Å²) in [6.07, 6.45) is 2.99. The summed E-state index contributed by atoms with van der Waals surface area (Å²) in [4.78, 5) is 24.8. The first kappa shape index (κ1) is 19.1. The van der Waals surface area contributed by atoms with Crippen molar-refractivity contribution in [3.63, 3.8) is 0 Å². The molecule has 1 aliphatic rings. The summed E-state index contributed by atoms with van der Waals surface area (Å²) in [5.74, 6) is -0.324. The van der Waals surface area contributed by atoms with Crippen LogP contribution >= 0.6 is 0 Å². The molecule has 2 aromatic carbocycles. The average Bonchev–Trinajstić information content (AvgIpc) is 3.21. The highest BCUT2D eigenvalue weighted by Gasteiger charge is 2.17. The van der Waals surface area contributed by atoms with Gasteiger partial charge in [-0.2, -0.15) is 0 Å². The lowest BCUT2D eigenvalue weighted by molar-refractivity contribution is 0.0857. The Hall–Kier alpha value is -2.66. The zero-order valence-corrected chi connectivity index (χ0v) is 15.9. The Bertz CT molecular complexity index is 809. The van der Waals surface area contributed by atoms with E-state index < -0.39 is 0 Å². The van der Waals surface area contributed by atoms with Crippen LogP contribution in [0.15, 0.2) is 42.5 Å². The molecule has 0 spiro atoms. The molecule has 1 saturated heterocycles. The van der Waals surface area contributed by atoms with Crippen molar-refractivity contribution >= 4 is 17.5 Å². The van der Waals surface area contributed by atoms with Gasteiger partial charge in [-0.3, -0.25) is 9.59 Å². The minimum absolute atomic E-state index is 0.112. The normalized spacial score (nSPS) is 16.1. The lowest BCUT2D eigenvalue weighted by Gasteiger charge is -2.13. The number of amides is 2. The molecule has 1 heterocycles. The second-order valence-corrected chi connectivity index (χ2v) is 6.84. The van der Waals surface area contributed by atoms with Crippen LogP contribution in [-0.2, 0) is 11.2 Å². The molecule has 0 aliphatic carbocycles. The lowest BCUT2D eigenvalue weighted by atomic mass is 10.0. The number of rotatable bonds is 6. The summed E-state index contributed by atoms with van der Waals surface area (Å²) in [6, 6.07) is 12.7. The van der Waals surface area contributed by atoms with E-state index in [-0.39, 0.29) is 17.9 Å². The van der Waals surface area contributed by atoms with Crippen molar-refractivity contribution in [2.24, 2.45) is 0 Å². The number of carbonyl (C=O) groups is 2. The van der Waals surface area contributed by atoms with Crippen LogP contribution < -0.4 is 10.6 Å². The minimum atomic E-state index is -0.176. The van der Waals surface area contributed by atoms with E-state index in [2.05, 4.69) is 17.6 Å². The van der Waals surface area contributed by atoms with Gasteiger partial charge in [0, 0.05) is 30.0 Å². The Labute approximate surface area is 160 Å². The number of hydrogen-bond acceptors (Lipinski definition) is 3. The van der Waals surface area contributed by atoms with E-state index in [1.54, 1.807) is 24.3 Å². The fraction of sp³-hybridized carbons (Fsp3) is 0.364. The Balaban J connectivity index is 1.62. The second-order valence-electron chi connectivity index (χ2n) is 6.84. The Morgan fingerprint density at radius 1 is 1.07 bits per heavy atom. The molecule has 5 nitrogen and oxygen atoms in total. The first-order valence-electron chi connectivity index (χ1n) is 9.48. The molecule has 0 saturated carbocycles. The summed E-state index contributed by atoms with van der Waals surface area (Å²) in [7, 11) is 0. The number of para-hydroxylation sites is 1. The van der Waals surface area contributed by atoms with Crippen molar-refractivity contribution in [2.75, 3.05) is 18.5 Å². The monoisotopic (exact) mass is 366 g/mol. The summed E-state index contributed by atoms with van der Waals surface area (Å²) in [5, 5.41) is 5.89. The van der Waals surface area contributed by atoms with Crippen LogP contribution in [0.4, 0.5) is 5.69 Å². The van der Waals surface area contributed by atoms with E-state index in [0.717, 1.165) is 42.7 Å². The van der Waals surface area contributed by atoms with Crippen LogP contribution in [-0.4, -0.2) is 31.1 Å². The third-order valence-corrected chi connectivity index (χ3v) is 4.90. The molecule has 0 bridgehead atoms. The maximum atomic E-state index is 12.6. The van der Waals surface area contributed by atoms with Gasteiger partial charge in [0.1, 0.15) is 0 Å². The first-order valence-corrected chi connectivity index (χ1v) is 9.48. The number of nitrogens with one attached hydrogen (secondary N) is 2. The standard InChI is InChI=1S/C22H26N2O3/c1-3-16-7-4-6-15(2)20(16)24-22(26)18-11-9-17(10-12-18)21(25)23-14-19-8-5-13-27-19/h4,6-7,9-12,19H,3,5,8,13-14H2,1-2H3,(H,23,25)(H,24,26). The zero-order chi connectivity index (χ0) is 19.2. The highest BCUT2D eigenvalue weighted by Crippen LogP contribution is 2.22. The summed E-state index contributed by atoms with van der Waals surface area (Å²) in [5.41, 5.74) is 4.07. The molecule has 1 unspecified atom stereocenters. The Morgan fingerprint density at radius 2 is 1.78 bits per heavy atom. The summed E-state index contributed by atoms with van der Waals surface area (Å²) >= 11 is 0. The van der Waals surface area contributed by atoms with E-state index in [1.807, 2.05) is 25.1 Å². The van der Waals surface area contributed by atoms with Crippen molar-refractivity contribution in [3.05, 3.63) is 64.7 Å². The smallest absolute Gasteiger partial charge is 0.255 e. The van der Waals surface area contributed by atoms with Gasteiger partial charge in [-0.1, -0.05) is 25.1 Å². The molecular weight excluding hydrogens is 340 g/mol. The maximum Gasteiger partial charge on any atom is 0.255 e. The first-order chi connectivity index (χ1) is 13.1. The van der Waals surface area contributed by atoms with Crippen molar-refractivity contribution in [2.45, 2.75) is 39.2 Å². The molecule has 0 radical (unpaired) electrons. The molecular formula is C22H26N2O3. The van der Waals surface area contributed by atoms with E-state index in [9.17, 15) is 9.59 Å². The molecule has 142 valence electrons. The number of ether oxygens (including phenoxy) is 1. The van der Waals surface area contributed by atoms with E-state index in [0.29, 0.717) is 17.7 Å². The van der Waals surface area contributed by atoms with Gasteiger partial charge in [0.2, 0.25) is 0 Å². The number of benzene rings is 2. The van der Waals surface area contributed by atoms with Crippen LogP contribution in [0.5, 0.6) is 0 Å². The van der Waals surface area contributed by atoms with Crippen LogP contribution in [0.2, 0.25) is 0 Å². The SMILES string of the molecule is CCc1cccc(C)c1NC(=O)c1ccc(C(=O)NCC2CCCO2)cc1. The van der Waals surface area contributed by atoms with Crippen molar-refractivity contribution in [1.29, 1.82) is 0 Å². The molecule has 1 aliphatic heterocycles. The molecule has 27 heavy (non-hydrogen) atoms. The zero-order valence-electron chi connectivity index (χ0n) is 15.9. The largest absolute Gasteiger partial charge is 0.376 e. The molecule has 1 atom stereocenters. The average molecular weight is 366 g/mol. The van der Waals surface area contributed by atoms with E-state index in [4.69, 9.17) is 4.74 Å². The third-order valence-electron chi connectivity index (χ3n) is 4.90. The number of aryl methyl sites for hydroxylation is 2. The molecule has 2 amide bonds. The summed E-state index contributed by atoms with van der Waals surface area (Å²) in [6.45, 7) is 5.34. The van der Waals surface area contributed by atoms with Gasteiger partial charge in [0.05, 0.1) is 6.10 Å². The highest BCUT2D eigenvalue weighted by atomic mass is 16.5. The van der Waals surface area contributed by atoms with E-state index >= 15 is 0 Å². The van der Waals surface area contributed by atoms with Gasteiger partial charge in [-0.15, -0.1) is 0 Å². The van der Waals surface area contributed by atoms with Crippen molar-refractivity contribution < 1.29 is 14.3 Å².